The Morgan fingerprint density at radius 2 is 1.92 bits per heavy atom. The predicted molar refractivity (Wildman–Crippen MR) is 53.8 cm³/mol. The zero-order valence-corrected chi connectivity index (χ0v) is 8.30. The minimum atomic E-state index is -0.219. The average Bonchev–Trinajstić information content (AvgIpc) is 2.12. The summed E-state index contributed by atoms with van der Waals surface area (Å²) in [5, 5.41) is 9.87. The number of fused-ring (bicyclic) bond motifs is 1. The molecule has 0 heterocycles. The van der Waals surface area contributed by atoms with Crippen LogP contribution in [0.1, 0.15) is 41.2 Å². The van der Waals surface area contributed by atoms with Gasteiger partial charge in [0.1, 0.15) is 0 Å². The van der Waals surface area contributed by atoms with Gasteiger partial charge >= 0.3 is 0 Å². The Morgan fingerprint density at radius 1 is 1.23 bits per heavy atom. The highest BCUT2D eigenvalue weighted by Gasteiger charge is 2.20. The zero-order valence-electron chi connectivity index (χ0n) is 8.30. The first-order valence-corrected chi connectivity index (χ1v) is 4.97. The van der Waals surface area contributed by atoms with Crippen LogP contribution in [0.15, 0.2) is 12.1 Å². The smallest absolute Gasteiger partial charge is 0.0795 e. The molecule has 1 N–H and O–H groups in total. The zero-order chi connectivity index (χ0) is 9.42. The van der Waals surface area contributed by atoms with Crippen LogP contribution in [0.2, 0.25) is 0 Å². The van der Waals surface area contributed by atoms with E-state index in [1.807, 2.05) is 0 Å². The fourth-order valence-electron chi connectivity index (χ4n) is 2.30. The van der Waals surface area contributed by atoms with E-state index < -0.39 is 0 Å². The van der Waals surface area contributed by atoms with Gasteiger partial charge in [0, 0.05) is 0 Å². The number of aryl methyl sites for hydroxylation is 2. The number of benzene rings is 1. The molecule has 0 aromatic heterocycles. The van der Waals surface area contributed by atoms with Crippen molar-refractivity contribution in [3.63, 3.8) is 0 Å². The Hall–Kier alpha value is -0.820. The molecular formula is C12H16O. The van der Waals surface area contributed by atoms with Crippen LogP contribution in [0.25, 0.3) is 0 Å². The third kappa shape index (κ3) is 1.37. The molecule has 2 rings (SSSR count). The lowest BCUT2D eigenvalue weighted by atomic mass is 9.84. The summed E-state index contributed by atoms with van der Waals surface area (Å²) >= 11 is 0. The van der Waals surface area contributed by atoms with Crippen LogP contribution in [-0.4, -0.2) is 5.11 Å². The SMILES string of the molecule is Cc1ccc(C)c2c1CCC[C@@H]2O. The maximum atomic E-state index is 9.87. The highest BCUT2D eigenvalue weighted by molar-refractivity contribution is 5.42. The molecule has 0 spiro atoms. The van der Waals surface area contributed by atoms with Crippen molar-refractivity contribution in [3.05, 3.63) is 34.4 Å². The first kappa shape index (κ1) is 8.76. The van der Waals surface area contributed by atoms with Crippen molar-refractivity contribution in [2.75, 3.05) is 0 Å². The normalized spacial score (nSPS) is 21.3. The number of hydrogen-bond acceptors (Lipinski definition) is 1. The monoisotopic (exact) mass is 176 g/mol. The largest absolute Gasteiger partial charge is 0.388 e. The van der Waals surface area contributed by atoms with Gasteiger partial charge in [0.15, 0.2) is 0 Å². The summed E-state index contributed by atoms with van der Waals surface area (Å²) < 4.78 is 0. The Morgan fingerprint density at radius 3 is 2.62 bits per heavy atom. The third-order valence-corrected chi connectivity index (χ3v) is 3.05. The third-order valence-electron chi connectivity index (χ3n) is 3.05. The van der Waals surface area contributed by atoms with Gasteiger partial charge in [-0.15, -0.1) is 0 Å². The summed E-state index contributed by atoms with van der Waals surface area (Å²) in [5.74, 6) is 0. The lowest BCUT2D eigenvalue weighted by molar-refractivity contribution is 0.155. The van der Waals surface area contributed by atoms with Crippen LogP contribution in [0.3, 0.4) is 0 Å². The molecule has 0 radical (unpaired) electrons. The van der Waals surface area contributed by atoms with Gasteiger partial charge in [-0.05, 0) is 55.4 Å². The highest BCUT2D eigenvalue weighted by Crippen LogP contribution is 2.33. The van der Waals surface area contributed by atoms with Crippen molar-refractivity contribution >= 4 is 0 Å². The van der Waals surface area contributed by atoms with E-state index in [1.165, 1.54) is 22.3 Å². The molecule has 0 amide bonds. The molecule has 0 fully saturated rings. The summed E-state index contributed by atoms with van der Waals surface area (Å²) in [6.45, 7) is 4.23. The first-order valence-electron chi connectivity index (χ1n) is 4.97. The van der Waals surface area contributed by atoms with Crippen molar-refractivity contribution in [3.8, 4) is 0 Å². The van der Waals surface area contributed by atoms with Gasteiger partial charge in [-0.2, -0.15) is 0 Å². The van der Waals surface area contributed by atoms with Crippen LogP contribution >= 0.6 is 0 Å². The van der Waals surface area contributed by atoms with Gasteiger partial charge < -0.3 is 5.11 Å². The van der Waals surface area contributed by atoms with Crippen molar-refractivity contribution in [1.29, 1.82) is 0 Å². The number of rotatable bonds is 0. The lowest BCUT2D eigenvalue weighted by Crippen LogP contribution is -2.12. The second kappa shape index (κ2) is 3.15. The summed E-state index contributed by atoms with van der Waals surface area (Å²) in [5.41, 5.74) is 5.16. The molecule has 1 aromatic rings. The van der Waals surface area contributed by atoms with Gasteiger partial charge in [0.25, 0.3) is 0 Å². The summed E-state index contributed by atoms with van der Waals surface area (Å²) in [6, 6.07) is 4.27. The molecule has 1 aromatic carbocycles. The van der Waals surface area contributed by atoms with E-state index in [-0.39, 0.29) is 6.10 Å². The van der Waals surface area contributed by atoms with E-state index in [2.05, 4.69) is 26.0 Å². The fourth-order valence-corrected chi connectivity index (χ4v) is 2.30. The molecule has 1 aliphatic carbocycles. The molecule has 1 atom stereocenters. The number of hydrogen-bond donors (Lipinski definition) is 1. The first-order chi connectivity index (χ1) is 6.20. The molecule has 13 heavy (non-hydrogen) atoms. The minimum absolute atomic E-state index is 0.219. The summed E-state index contributed by atoms with van der Waals surface area (Å²) in [7, 11) is 0. The molecule has 0 unspecified atom stereocenters. The van der Waals surface area contributed by atoms with Crippen LogP contribution in [0, 0.1) is 13.8 Å². The second-order valence-corrected chi connectivity index (χ2v) is 4.00. The quantitative estimate of drug-likeness (QED) is 0.644. The molecule has 0 saturated heterocycles. The van der Waals surface area contributed by atoms with Gasteiger partial charge in [-0.1, -0.05) is 12.1 Å². The summed E-state index contributed by atoms with van der Waals surface area (Å²) in [4.78, 5) is 0. The van der Waals surface area contributed by atoms with Crippen molar-refractivity contribution in [1.82, 2.24) is 0 Å². The summed E-state index contributed by atoms with van der Waals surface area (Å²) in [6.07, 6.45) is 2.97. The van der Waals surface area contributed by atoms with Crippen LogP contribution < -0.4 is 0 Å². The van der Waals surface area contributed by atoms with Crippen molar-refractivity contribution in [2.45, 2.75) is 39.2 Å². The standard InChI is InChI=1S/C12H16O/c1-8-6-7-9(2)12-10(8)4-3-5-11(12)13/h6-7,11,13H,3-5H2,1-2H3/t11-/m0/s1. The van der Waals surface area contributed by atoms with Crippen molar-refractivity contribution in [2.24, 2.45) is 0 Å². The van der Waals surface area contributed by atoms with E-state index in [9.17, 15) is 5.11 Å². The number of aliphatic hydroxyl groups excluding tert-OH is 1. The van der Waals surface area contributed by atoms with Crippen LogP contribution in [0.4, 0.5) is 0 Å². The van der Waals surface area contributed by atoms with E-state index in [0.717, 1.165) is 19.3 Å². The maximum absolute atomic E-state index is 9.87. The van der Waals surface area contributed by atoms with Crippen molar-refractivity contribution < 1.29 is 5.11 Å². The van der Waals surface area contributed by atoms with E-state index in [4.69, 9.17) is 0 Å². The van der Waals surface area contributed by atoms with Gasteiger partial charge in [-0.3, -0.25) is 0 Å². The second-order valence-electron chi connectivity index (χ2n) is 4.00. The molecule has 0 aliphatic heterocycles. The molecule has 0 saturated carbocycles. The predicted octanol–water partition coefficient (Wildman–Crippen LogP) is 2.67. The van der Waals surface area contributed by atoms with Gasteiger partial charge in [-0.25, -0.2) is 0 Å². The van der Waals surface area contributed by atoms with Crippen LogP contribution in [-0.2, 0) is 6.42 Å². The molecular weight excluding hydrogens is 160 g/mol. The van der Waals surface area contributed by atoms with E-state index in [1.54, 1.807) is 0 Å². The minimum Gasteiger partial charge on any atom is -0.388 e. The number of aliphatic hydroxyl groups is 1. The molecule has 1 heteroatoms. The topological polar surface area (TPSA) is 20.2 Å². The maximum Gasteiger partial charge on any atom is 0.0795 e. The molecule has 0 bridgehead atoms. The molecule has 1 aliphatic rings. The van der Waals surface area contributed by atoms with E-state index in [0.29, 0.717) is 0 Å². The highest BCUT2D eigenvalue weighted by atomic mass is 16.3. The Labute approximate surface area is 79.4 Å². The van der Waals surface area contributed by atoms with Crippen LogP contribution in [0.5, 0.6) is 0 Å². The molecule has 1 nitrogen and oxygen atoms in total. The van der Waals surface area contributed by atoms with E-state index >= 15 is 0 Å². The Balaban J connectivity index is 2.60. The van der Waals surface area contributed by atoms with Gasteiger partial charge in [0.05, 0.1) is 6.10 Å². The fraction of sp³-hybridized carbons (Fsp3) is 0.500. The Kier molecular flexibility index (Phi) is 2.12. The lowest BCUT2D eigenvalue weighted by Gasteiger charge is -2.24. The molecule has 70 valence electrons. The average molecular weight is 176 g/mol. The Bertz CT molecular complexity index is 328. The van der Waals surface area contributed by atoms with Gasteiger partial charge in [0.2, 0.25) is 0 Å².